The Morgan fingerprint density at radius 3 is 2.07 bits per heavy atom. The van der Waals surface area contributed by atoms with Crippen molar-refractivity contribution in [1.29, 1.82) is 0 Å². The second-order valence-corrected chi connectivity index (χ2v) is 6.30. The molecule has 0 radical (unpaired) electrons. The van der Waals surface area contributed by atoms with Crippen LogP contribution < -0.4 is 0 Å². The molecule has 27 heavy (non-hydrogen) atoms. The van der Waals surface area contributed by atoms with Crippen LogP contribution in [0.3, 0.4) is 0 Å². The third-order valence-electron chi connectivity index (χ3n) is 3.57. The van der Waals surface area contributed by atoms with Crippen molar-refractivity contribution in [2.75, 3.05) is 0 Å². The van der Waals surface area contributed by atoms with Crippen LogP contribution in [-0.4, -0.2) is 54.8 Å². The molecule has 0 aromatic carbocycles. The number of aliphatic carboxylic acids is 1. The van der Waals surface area contributed by atoms with Gasteiger partial charge in [-0.2, -0.15) is 0 Å². The molecule has 0 aromatic heterocycles. The highest BCUT2D eigenvalue weighted by molar-refractivity contribution is 5.66. The van der Waals surface area contributed by atoms with Gasteiger partial charge in [-0.3, -0.25) is 4.79 Å². The molecule has 0 spiro atoms. The Bertz CT molecular complexity index is 501. The zero-order chi connectivity index (χ0) is 20.5. The van der Waals surface area contributed by atoms with Crippen LogP contribution in [0.2, 0.25) is 0 Å². The van der Waals surface area contributed by atoms with E-state index in [2.05, 4.69) is 0 Å². The minimum Gasteiger partial charge on any atom is -0.481 e. The minimum absolute atomic E-state index is 0.0461. The summed E-state index contributed by atoms with van der Waals surface area (Å²) in [6, 6.07) is 0. The van der Waals surface area contributed by atoms with E-state index in [0.717, 1.165) is 6.42 Å². The molecule has 0 amide bonds. The second kappa shape index (κ2) is 15.3. The van der Waals surface area contributed by atoms with Crippen molar-refractivity contribution in [3.8, 4) is 0 Å². The number of hydrogen-bond donors (Lipinski definition) is 6. The number of aliphatic hydroxyl groups is 5. The van der Waals surface area contributed by atoms with Crippen molar-refractivity contribution in [2.45, 2.75) is 69.5 Å². The molecule has 6 N–H and O–H groups in total. The Morgan fingerprint density at radius 1 is 0.852 bits per heavy atom. The first-order valence-corrected chi connectivity index (χ1v) is 9.12. The first-order chi connectivity index (χ1) is 12.7. The van der Waals surface area contributed by atoms with Crippen molar-refractivity contribution in [2.24, 2.45) is 0 Å². The molecule has 0 unspecified atom stereocenters. The molecule has 0 aliphatic rings. The highest BCUT2D eigenvalue weighted by Gasteiger charge is 2.16. The van der Waals surface area contributed by atoms with Gasteiger partial charge in [-0.15, -0.1) is 0 Å². The maximum Gasteiger partial charge on any atom is 0.303 e. The van der Waals surface area contributed by atoms with E-state index in [4.69, 9.17) is 20.4 Å². The molecule has 0 saturated carbocycles. The molecule has 0 fully saturated rings. The lowest BCUT2D eigenvalue weighted by molar-refractivity contribution is -0.314. The Balaban J connectivity index is 3.82. The number of aliphatic hydroxyl groups excluding tert-OH is 2. The van der Waals surface area contributed by atoms with Crippen LogP contribution >= 0.6 is 0 Å². The van der Waals surface area contributed by atoms with E-state index >= 15 is 0 Å². The maximum atomic E-state index is 10.4. The van der Waals surface area contributed by atoms with Crippen molar-refractivity contribution < 1.29 is 35.4 Å². The van der Waals surface area contributed by atoms with Crippen molar-refractivity contribution in [1.82, 2.24) is 0 Å². The number of carboxylic acid groups (broad SMARTS) is 1. The van der Waals surface area contributed by atoms with Gasteiger partial charge in [0.15, 0.2) is 0 Å². The van der Waals surface area contributed by atoms with E-state index in [-0.39, 0.29) is 12.8 Å². The summed E-state index contributed by atoms with van der Waals surface area (Å²) in [7, 11) is 0. The second-order valence-electron chi connectivity index (χ2n) is 6.30. The molecule has 0 aliphatic heterocycles. The molecule has 7 heteroatoms. The van der Waals surface area contributed by atoms with E-state index < -0.39 is 24.2 Å². The first kappa shape index (κ1) is 25.2. The molecule has 0 bridgehead atoms. The molecule has 0 aliphatic carbocycles. The third kappa shape index (κ3) is 20.4. The summed E-state index contributed by atoms with van der Waals surface area (Å²) < 4.78 is 0. The monoisotopic (exact) mass is 384 g/mol. The zero-order valence-corrected chi connectivity index (χ0v) is 15.5. The molecule has 154 valence electrons. The summed E-state index contributed by atoms with van der Waals surface area (Å²) in [5.74, 6) is -3.46. The fourth-order valence-electron chi connectivity index (χ4n) is 2.13. The van der Waals surface area contributed by atoms with Crippen LogP contribution in [-0.2, 0) is 4.79 Å². The number of unbranched alkanes of at least 4 members (excludes halogenated alkanes) is 2. The predicted molar refractivity (Wildman–Crippen MR) is 103 cm³/mol. The van der Waals surface area contributed by atoms with Gasteiger partial charge in [-0.25, -0.2) is 0 Å². The first-order valence-electron chi connectivity index (χ1n) is 9.12. The van der Waals surface area contributed by atoms with E-state index in [1.165, 1.54) is 0 Å². The molecule has 0 saturated heterocycles. The van der Waals surface area contributed by atoms with Crippen LogP contribution in [0.15, 0.2) is 48.6 Å². The average molecular weight is 384 g/mol. The van der Waals surface area contributed by atoms with E-state index in [1.54, 1.807) is 36.5 Å². The van der Waals surface area contributed by atoms with Crippen molar-refractivity contribution in [3.05, 3.63) is 48.6 Å². The van der Waals surface area contributed by atoms with Gasteiger partial charge < -0.3 is 30.6 Å². The topological polar surface area (TPSA) is 138 Å². The average Bonchev–Trinajstić information content (AvgIpc) is 2.55. The largest absolute Gasteiger partial charge is 0.481 e. The van der Waals surface area contributed by atoms with Gasteiger partial charge >= 0.3 is 5.97 Å². The van der Waals surface area contributed by atoms with Gasteiger partial charge in [0.2, 0.25) is 0 Å². The summed E-state index contributed by atoms with van der Waals surface area (Å²) >= 11 is 0. The predicted octanol–water partition coefficient (Wildman–Crippen LogP) is 1.77. The lowest BCUT2D eigenvalue weighted by Gasteiger charge is -2.12. The molecular formula is C20H32O7. The molecule has 2 atom stereocenters. The SMILES string of the molecule is O=C(O)CCC[C@H](O)\C=C/C=C/C=C/[C@H](O)C/C=C\CCCCC(O)(O)O. The Kier molecular flexibility index (Phi) is 14.3. The lowest BCUT2D eigenvalue weighted by atomic mass is 10.1. The van der Waals surface area contributed by atoms with Crippen molar-refractivity contribution >= 4 is 5.97 Å². The van der Waals surface area contributed by atoms with E-state index in [0.29, 0.717) is 32.1 Å². The van der Waals surface area contributed by atoms with Crippen molar-refractivity contribution in [3.63, 3.8) is 0 Å². The highest BCUT2D eigenvalue weighted by Crippen LogP contribution is 2.09. The number of rotatable bonds is 15. The van der Waals surface area contributed by atoms with E-state index in [9.17, 15) is 15.0 Å². The number of carbonyl (C=O) groups is 1. The summed E-state index contributed by atoms with van der Waals surface area (Å²) in [5, 5.41) is 54.0. The normalized spacial score (nSPS) is 15.4. The third-order valence-corrected chi connectivity index (χ3v) is 3.57. The molecule has 0 aromatic rings. The van der Waals surface area contributed by atoms with Crippen LogP contribution in [0.1, 0.15) is 51.4 Å². The fraction of sp³-hybridized carbons (Fsp3) is 0.550. The minimum atomic E-state index is -2.59. The highest BCUT2D eigenvalue weighted by atomic mass is 16.7. The maximum absolute atomic E-state index is 10.4. The lowest BCUT2D eigenvalue weighted by Crippen LogP contribution is -2.26. The summed E-state index contributed by atoms with van der Waals surface area (Å²) in [5.41, 5.74) is 0. The van der Waals surface area contributed by atoms with Gasteiger partial charge in [0.25, 0.3) is 5.97 Å². The number of hydrogen-bond acceptors (Lipinski definition) is 6. The van der Waals surface area contributed by atoms with Crippen LogP contribution in [0.5, 0.6) is 0 Å². The van der Waals surface area contributed by atoms with Crippen LogP contribution in [0, 0.1) is 0 Å². The summed E-state index contributed by atoms with van der Waals surface area (Å²) in [4.78, 5) is 10.4. The smallest absolute Gasteiger partial charge is 0.303 e. The Morgan fingerprint density at radius 2 is 1.48 bits per heavy atom. The van der Waals surface area contributed by atoms with Gasteiger partial charge in [-0.05, 0) is 38.5 Å². The zero-order valence-electron chi connectivity index (χ0n) is 15.5. The Labute approximate surface area is 160 Å². The fourth-order valence-corrected chi connectivity index (χ4v) is 2.13. The van der Waals surface area contributed by atoms with Crippen LogP contribution in [0.4, 0.5) is 0 Å². The van der Waals surface area contributed by atoms with Gasteiger partial charge in [0, 0.05) is 12.8 Å². The molecule has 0 rings (SSSR count). The molecular weight excluding hydrogens is 352 g/mol. The van der Waals surface area contributed by atoms with Gasteiger partial charge in [-0.1, -0.05) is 48.6 Å². The van der Waals surface area contributed by atoms with Gasteiger partial charge in [0.1, 0.15) is 0 Å². The standard InChI is InChI=1S/C20H32O7/c21-17(11-6-2-1-5-9-16-20(25,26)27)12-7-3-4-8-13-18(22)14-10-15-19(23)24/h2-4,6-8,12-13,17-18,21-22,25-27H,1,5,9-11,14-16H2,(H,23,24)/b4-3+,6-2-,12-7+,13-8-/t17-,18-/m1/s1. The van der Waals surface area contributed by atoms with Crippen LogP contribution in [0.25, 0.3) is 0 Å². The summed E-state index contributed by atoms with van der Waals surface area (Å²) in [6.45, 7) is 0. The molecule has 7 nitrogen and oxygen atoms in total. The number of carboxylic acids is 1. The van der Waals surface area contributed by atoms with Gasteiger partial charge in [0.05, 0.1) is 12.2 Å². The number of allylic oxidation sites excluding steroid dienone is 5. The summed E-state index contributed by atoms with van der Waals surface area (Å²) in [6.07, 6.45) is 15.6. The van der Waals surface area contributed by atoms with E-state index in [1.807, 2.05) is 12.2 Å². The molecule has 0 heterocycles. The Hall–Kier alpha value is -1.77. The quantitative estimate of drug-likeness (QED) is 0.109.